The molecule has 1 amide bonds. The molecular formula is C17H26N2O3S. The van der Waals surface area contributed by atoms with E-state index in [0.29, 0.717) is 0 Å². The molecule has 23 heavy (non-hydrogen) atoms. The molecule has 3 heterocycles. The van der Waals surface area contributed by atoms with Crippen LogP contribution in [0.2, 0.25) is 0 Å². The minimum atomic E-state index is -0.649. The normalized spacial score (nSPS) is 28.3. The lowest BCUT2D eigenvalue weighted by molar-refractivity contribution is -0.129. The smallest absolute Gasteiger partial charge is 0.230 e. The van der Waals surface area contributed by atoms with Gasteiger partial charge in [0.25, 0.3) is 0 Å². The molecule has 128 valence electrons. The molecule has 2 atom stereocenters. The highest BCUT2D eigenvalue weighted by molar-refractivity contribution is 7.99. The maximum Gasteiger partial charge on any atom is 0.230 e. The number of hydrogen-bond acceptors (Lipinski definition) is 5. The zero-order chi connectivity index (χ0) is 16.7. The highest BCUT2D eigenvalue weighted by atomic mass is 32.2. The number of hydrogen-bond donors (Lipinski definition) is 1. The van der Waals surface area contributed by atoms with Gasteiger partial charge >= 0.3 is 0 Å². The van der Waals surface area contributed by atoms with Crippen LogP contribution in [0.25, 0.3) is 0 Å². The molecule has 6 heteroatoms. The first-order valence-electron chi connectivity index (χ1n) is 8.30. The second-order valence-corrected chi connectivity index (χ2v) is 8.43. The van der Waals surface area contributed by atoms with Gasteiger partial charge in [-0.15, -0.1) is 0 Å². The molecule has 0 radical (unpaired) electrons. The Kier molecular flexibility index (Phi) is 4.49. The van der Waals surface area contributed by atoms with Gasteiger partial charge in [0.15, 0.2) is 0 Å². The van der Waals surface area contributed by atoms with E-state index in [1.807, 2.05) is 39.5 Å². The number of ether oxygens (including phenoxy) is 1. The van der Waals surface area contributed by atoms with E-state index in [0.717, 1.165) is 54.4 Å². The molecule has 0 bridgehead atoms. The molecule has 2 saturated heterocycles. The molecule has 2 aliphatic heterocycles. The summed E-state index contributed by atoms with van der Waals surface area (Å²) in [7, 11) is 0. The number of aromatic nitrogens is 1. The summed E-state index contributed by atoms with van der Waals surface area (Å²) in [5.74, 6) is 2.97. The van der Waals surface area contributed by atoms with Crippen LogP contribution < -0.4 is 5.32 Å². The fourth-order valence-corrected chi connectivity index (χ4v) is 5.25. The van der Waals surface area contributed by atoms with Gasteiger partial charge in [-0.1, -0.05) is 5.16 Å². The van der Waals surface area contributed by atoms with Gasteiger partial charge in [-0.25, -0.2) is 0 Å². The molecule has 1 spiro atoms. The first-order valence-corrected chi connectivity index (χ1v) is 9.46. The SMILES string of the molecule is Cc1noc(C)c1C(C)(C)C(=O)NC1CCOC2(CCSC2)C1. The van der Waals surface area contributed by atoms with Gasteiger partial charge in [0.1, 0.15) is 5.76 Å². The largest absolute Gasteiger partial charge is 0.374 e. The maximum absolute atomic E-state index is 12.9. The number of thioether (sulfide) groups is 1. The van der Waals surface area contributed by atoms with Crippen molar-refractivity contribution < 1.29 is 14.1 Å². The molecule has 1 aromatic heterocycles. The Morgan fingerprint density at radius 3 is 2.83 bits per heavy atom. The van der Waals surface area contributed by atoms with E-state index in [9.17, 15) is 4.79 Å². The minimum Gasteiger partial charge on any atom is -0.374 e. The maximum atomic E-state index is 12.9. The molecule has 3 rings (SSSR count). The zero-order valence-electron chi connectivity index (χ0n) is 14.4. The van der Waals surface area contributed by atoms with Crippen LogP contribution in [0.3, 0.4) is 0 Å². The molecule has 2 unspecified atom stereocenters. The van der Waals surface area contributed by atoms with E-state index in [-0.39, 0.29) is 17.6 Å². The van der Waals surface area contributed by atoms with Gasteiger partial charge in [-0.2, -0.15) is 11.8 Å². The van der Waals surface area contributed by atoms with Crippen molar-refractivity contribution in [3.8, 4) is 0 Å². The van der Waals surface area contributed by atoms with Crippen LogP contribution in [0.15, 0.2) is 4.52 Å². The number of aryl methyl sites for hydroxylation is 2. The lowest BCUT2D eigenvalue weighted by atomic mass is 9.81. The Hall–Kier alpha value is -1.01. The summed E-state index contributed by atoms with van der Waals surface area (Å²) in [5.41, 5.74) is 1.02. The summed E-state index contributed by atoms with van der Waals surface area (Å²) in [5, 5.41) is 7.25. The van der Waals surface area contributed by atoms with Crippen LogP contribution in [-0.4, -0.2) is 40.8 Å². The Balaban J connectivity index is 1.71. The molecule has 2 aliphatic rings. The molecule has 5 nitrogen and oxygen atoms in total. The fraction of sp³-hybridized carbons (Fsp3) is 0.765. The molecular weight excluding hydrogens is 312 g/mol. The molecule has 0 aromatic carbocycles. The van der Waals surface area contributed by atoms with Gasteiger partial charge in [-0.05, 0) is 52.7 Å². The fourth-order valence-electron chi connectivity index (χ4n) is 3.87. The summed E-state index contributed by atoms with van der Waals surface area (Å²) in [6.45, 7) is 8.37. The average molecular weight is 338 g/mol. The highest BCUT2D eigenvalue weighted by Gasteiger charge is 2.42. The van der Waals surface area contributed by atoms with Crippen LogP contribution in [0.4, 0.5) is 0 Å². The Bertz CT molecular complexity index is 571. The number of rotatable bonds is 3. The van der Waals surface area contributed by atoms with Crippen LogP contribution in [0.1, 0.15) is 50.1 Å². The van der Waals surface area contributed by atoms with Crippen molar-refractivity contribution >= 4 is 17.7 Å². The lowest BCUT2D eigenvalue weighted by Crippen LogP contribution is -2.52. The number of carbonyl (C=O) groups excluding carboxylic acids is 1. The van der Waals surface area contributed by atoms with Crippen molar-refractivity contribution in [1.82, 2.24) is 10.5 Å². The first-order chi connectivity index (χ1) is 10.8. The van der Waals surface area contributed by atoms with Crippen LogP contribution >= 0.6 is 11.8 Å². The predicted octanol–water partition coefficient (Wildman–Crippen LogP) is 2.74. The second-order valence-electron chi connectivity index (χ2n) is 7.32. The van der Waals surface area contributed by atoms with Crippen molar-refractivity contribution in [1.29, 1.82) is 0 Å². The Labute approximate surface area is 141 Å². The molecule has 0 saturated carbocycles. The average Bonchev–Trinajstić information content (AvgIpc) is 3.06. The number of nitrogens with zero attached hydrogens (tertiary/aromatic N) is 1. The highest BCUT2D eigenvalue weighted by Crippen LogP contribution is 2.38. The summed E-state index contributed by atoms with van der Waals surface area (Å²) in [6, 6.07) is 0.190. The van der Waals surface area contributed by atoms with E-state index in [4.69, 9.17) is 9.26 Å². The lowest BCUT2D eigenvalue weighted by Gasteiger charge is -2.39. The van der Waals surface area contributed by atoms with Crippen molar-refractivity contribution in [3.05, 3.63) is 17.0 Å². The Morgan fingerprint density at radius 1 is 1.43 bits per heavy atom. The van der Waals surface area contributed by atoms with Gasteiger partial charge in [-0.3, -0.25) is 4.79 Å². The van der Waals surface area contributed by atoms with Crippen LogP contribution in [0, 0.1) is 13.8 Å². The molecule has 0 aliphatic carbocycles. The van der Waals surface area contributed by atoms with Gasteiger partial charge in [0.05, 0.1) is 16.7 Å². The number of carbonyl (C=O) groups is 1. The predicted molar refractivity (Wildman–Crippen MR) is 90.8 cm³/mol. The summed E-state index contributed by atoms with van der Waals surface area (Å²) < 4.78 is 11.3. The molecule has 2 fully saturated rings. The van der Waals surface area contributed by atoms with Gasteiger partial charge in [0.2, 0.25) is 5.91 Å². The molecule has 1 N–H and O–H groups in total. The van der Waals surface area contributed by atoms with E-state index in [1.165, 1.54) is 0 Å². The van der Waals surface area contributed by atoms with Crippen molar-refractivity contribution in [2.45, 2.75) is 64.0 Å². The number of amides is 1. The van der Waals surface area contributed by atoms with Crippen LogP contribution in [-0.2, 0) is 14.9 Å². The summed E-state index contributed by atoms with van der Waals surface area (Å²) in [4.78, 5) is 12.9. The quantitative estimate of drug-likeness (QED) is 0.918. The van der Waals surface area contributed by atoms with Gasteiger partial charge in [0, 0.05) is 24.0 Å². The monoisotopic (exact) mass is 338 g/mol. The van der Waals surface area contributed by atoms with E-state index in [1.54, 1.807) is 0 Å². The standard InChI is InChI=1S/C17H26N2O3S/c1-11-14(12(2)22-19-11)16(3,4)15(20)18-13-5-7-21-17(9-13)6-8-23-10-17/h13H,5-10H2,1-4H3,(H,18,20). The summed E-state index contributed by atoms with van der Waals surface area (Å²) in [6.07, 6.45) is 2.90. The molecule has 1 aromatic rings. The van der Waals surface area contributed by atoms with Crippen LogP contribution in [0.5, 0.6) is 0 Å². The number of nitrogens with one attached hydrogen (secondary N) is 1. The van der Waals surface area contributed by atoms with E-state index in [2.05, 4.69) is 10.5 Å². The third-order valence-electron chi connectivity index (χ3n) is 5.12. The Morgan fingerprint density at radius 2 is 2.22 bits per heavy atom. The van der Waals surface area contributed by atoms with E-state index < -0.39 is 5.41 Å². The third-order valence-corrected chi connectivity index (χ3v) is 6.34. The third kappa shape index (κ3) is 3.15. The second kappa shape index (κ2) is 6.13. The topological polar surface area (TPSA) is 64.4 Å². The summed E-state index contributed by atoms with van der Waals surface area (Å²) >= 11 is 1.95. The van der Waals surface area contributed by atoms with Crippen molar-refractivity contribution in [3.63, 3.8) is 0 Å². The zero-order valence-corrected chi connectivity index (χ0v) is 15.2. The minimum absolute atomic E-state index is 0.0198. The first kappa shape index (κ1) is 16.8. The van der Waals surface area contributed by atoms with Crippen molar-refractivity contribution in [2.75, 3.05) is 18.1 Å². The van der Waals surface area contributed by atoms with Gasteiger partial charge < -0.3 is 14.6 Å². The van der Waals surface area contributed by atoms with E-state index >= 15 is 0 Å². The van der Waals surface area contributed by atoms with Crippen molar-refractivity contribution in [2.24, 2.45) is 0 Å².